The van der Waals surface area contributed by atoms with Crippen LogP contribution in [-0.2, 0) is 4.79 Å². The van der Waals surface area contributed by atoms with Crippen LogP contribution in [0.4, 0.5) is 0 Å². The predicted molar refractivity (Wildman–Crippen MR) is 35.2 cm³/mol. The van der Waals surface area contributed by atoms with Crippen molar-refractivity contribution in [2.45, 2.75) is 19.4 Å². The molecule has 0 bridgehead atoms. The number of terminal acetylenes is 1. The van der Waals surface area contributed by atoms with Gasteiger partial charge in [-0.25, -0.2) is 5.43 Å². The van der Waals surface area contributed by atoms with Gasteiger partial charge in [-0.1, -0.05) is 5.92 Å². The number of nitrogens with one attached hydrogen (secondary N) is 1. The molecule has 3 N–H and O–H groups in total. The molecule has 0 spiro atoms. The molecule has 9 heavy (non-hydrogen) atoms. The van der Waals surface area contributed by atoms with Crippen LogP contribution in [0.5, 0.6) is 0 Å². The van der Waals surface area contributed by atoms with Gasteiger partial charge in [0.1, 0.15) is 5.54 Å². The lowest BCUT2D eigenvalue weighted by Gasteiger charge is -2.17. The molecule has 0 aromatic heterocycles. The van der Waals surface area contributed by atoms with Crippen molar-refractivity contribution in [1.82, 2.24) is 5.43 Å². The van der Waals surface area contributed by atoms with Gasteiger partial charge >= 0.3 is 0 Å². The van der Waals surface area contributed by atoms with E-state index in [1.807, 2.05) is 0 Å². The summed E-state index contributed by atoms with van der Waals surface area (Å²) >= 11 is 0. The topological polar surface area (TPSA) is 55.1 Å². The molecule has 0 aliphatic carbocycles. The molecule has 0 radical (unpaired) electrons. The monoisotopic (exact) mass is 126 g/mol. The number of ketones is 1. The molecule has 0 fully saturated rings. The van der Waals surface area contributed by atoms with Crippen molar-refractivity contribution in [1.29, 1.82) is 0 Å². The molecule has 0 aliphatic rings. The van der Waals surface area contributed by atoms with E-state index in [0.717, 1.165) is 0 Å². The van der Waals surface area contributed by atoms with Crippen molar-refractivity contribution < 1.29 is 4.79 Å². The van der Waals surface area contributed by atoms with Gasteiger partial charge in [-0.05, 0) is 13.8 Å². The van der Waals surface area contributed by atoms with E-state index in [-0.39, 0.29) is 5.78 Å². The van der Waals surface area contributed by atoms with E-state index in [4.69, 9.17) is 12.3 Å². The lowest BCUT2D eigenvalue weighted by Crippen LogP contribution is -2.50. The average molecular weight is 126 g/mol. The summed E-state index contributed by atoms with van der Waals surface area (Å²) in [4.78, 5) is 10.6. The molecule has 0 saturated heterocycles. The highest BCUT2D eigenvalue weighted by Crippen LogP contribution is 1.99. The standard InChI is InChI=1S/C6H10N2O/c1-4-6(3,8-7)5(2)9/h1,8H,7H2,2-3H3/t6-/m0/s1. The van der Waals surface area contributed by atoms with E-state index in [1.165, 1.54) is 6.92 Å². The molecule has 0 aromatic rings. The molecule has 1 atom stereocenters. The number of Topliss-reactive ketones (excluding diaryl/α,β-unsaturated/α-hetero) is 1. The number of rotatable bonds is 2. The van der Waals surface area contributed by atoms with E-state index in [9.17, 15) is 4.79 Å². The molecule has 0 aromatic carbocycles. The van der Waals surface area contributed by atoms with Crippen molar-refractivity contribution >= 4 is 5.78 Å². The fourth-order valence-electron chi connectivity index (χ4n) is 0.245. The summed E-state index contributed by atoms with van der Waals surface area (Å²) in [5.74, 6) is 7.09. The first kappa shape index (κ1) is 8.15. The second kappa shape index (κ2) is 2.62. The van der Waals surface area contributed by atoms with E-state index in [2.05, 4.69) is 11.3 Å². The normalized spacial score (nSPS) is 15.8. The molecule has 0 saturated carbocycles. The minimum absolute atomic E-state index is 0.160. The quantitative estimate of drug-likeness (QED) is 0.296. The summed E-state index contributed by atoms with van der Waals surface area (Å²) < 4.78 is 0. The van der Waals surface area contributed by atoms with Crippen LogP contribution in [0, 0.1) is 12.3 Å². The van der Waals surface area contributed by atoms with Crippen molar-refractivity contribution in [2.24, 2.45) is 5.84 Å². The minimum Gasteiger partial charge on any atom is -0.297 e. The van der Waals surface area contributed by atoms with Crippen LogP contribution >= 0.6 is 0 Å². The highest BCUT2D eigenvalue weighted by molar-refractivity contribution is 5.89. The van der Waals surface area contributed by atoms with Gasteiger partial charge < -0.3 is 0 Å². The zero-order valence-electron chi connectivity index (χ0n) is 5.56. The molecule has 0 rings (SSSR count). The van der Waals surface area contributed by atoms with Crippen LogP contribution in [0.15, 0.2) is 0 Å². The van der Waals surface area contributed by atoms with Gasteiger partial charge in [0.2, 0.25) is 0 Å². The number of hydrazine groups is 1. The molecule has 0 heterocycles. The van der Waals surface area contributed by atoms with Gasteiger partial charge in [-0.2, -0.15) is 0 Å². The zero-order chi connectivity index (χ0) is 7.49. The first-order valence-corrected chi connectivity index (χ1v) is 2.53. The Balaban J connectivity index is 4.33. The minimum atomic E-state index is -1.00. The first-order chi connectivity index (χ1) is 4.06. The smallest absolute Gasteiger partial charge is 0.162 e. The van der Waals surface area contributed by atoms with Gasteiger partial charge in [0.25, 0.3) is 0 Å². The molecular weight excluding hydrogens is 116 g/mol. The summed E-state index contributed by atoms with van der Waals surface area (Å²) in [6, 6.07) is 0. The summed E-state index contributed by atoms with van der Waals surface area (Å²) in [6.45, 7) is 2.94. The van der Waals surface area contributed by atoms with Crippen molar-refractivity contribution in [3.8, 4) is 12.3 Å². The molecule has 50 valence electrons. The van der Waals surface area contributed by atoms with Gasteiger partial charge in [-0.15, -0.1) is 6.42 Å². The molecule has 0 aliphatic heterocycles. The molecule has 0 unspecified atom stereocenters. The zero-order valence-corrected chi connectivity index (χ0v) is 5.56. The van der Waals surface area contributed by atoms with Gasteiger partial charge in [0.05, 0.1) is 0 Å². The lowest BCUT2D eigenvalue weighted by molar-refractivity contribution is -0.120. The Morgan fingerprint density at radius 2 is 2.33 bits per heavy atom. The Labute approximate surface area is 54.6 Å². The Morgan fingerprint density at radius 1 is 1.89 bits per heavy atom. The number of carbonyl (C=O) groups is 1. The third-order valence-electron chi connectivity index (χ3n) is 1.28. The van der Waals surface area contributed by atoms with E-state index in [0.29, 0.717) is 0 Å². The summed E-state index contributed by atoms with van der Waals surface area (Å²) in [5.41, 5.74) is 1.24. The van der Waals surface area contributed by atoms with Crippen LogP contribution in [0.25, 0.3) is 0 Å². The van der Waals surface area contributed by atoms with Crippen molar-refractivity contribution in [3.63, 3.8) is 0 Å². The fourth-order valence-corrected chi connectivity index (χ4v) is 0.245. The third-order valence-corrected chi connectivity index (χ3v) is 1.28. The maximum Gasteiger partial charge on any atom is 0.162 e. The summed E-state index contributed by atoms with van der Waals surface area (Å²) in [6.07, 6.45) is 5.01. The summed E-state index contributed by atoms with van der Waals surface area (Å²) in [5, 5.41) is 0. The first-order valence-electron chi connectivity index (χ1n) is 2.53. The Hall–Kier alpha value is -0.850. The van der Waals surface area contributed by atoms with Gasteiger partial charge in [0.15, 0.2) is 5.78 Å². The van der Waals surface area contributed by atoms with E-state index < -0.39 is 5.54 Å². The number of hydrogen-bond acceptors (Lipinski definition) is 3. The number of hydrogen-bond donors (Lipinski definition) is 2. The Bertz CT molecular complexity index is 159. The highest BCUT2D eigenvalue weighted by atomic mass is 16.1. The third kappa shape index (κ3) is 1.53. The van der Waals surface area contributed by atoms with E-state index >= 15 is 0 Å². The largest absolute Gasteiger partial charge is 0.297 e. The second-order valence-corrected chi connectivity index (χ2v) is 1.97. The Kier molecular flexibility index (Phi) is 2.38. The maximum absolute atomic E-state index is 10.6. The average Bonchev–Trinajstić information content (AvgIpc) is 1.86. The molecule has 3 nitrogen and oxygen atoms in total. The fraction of sp³-hybridized carbons (Fsp3) is 0.500. The van der Waals surface area contributed by atoms with Crippen LogP contribution in [0.1, 0.15) is 13.8 Å². The van der Waals surface area contributed by atoms with E-state index in [1.54, 1.807) is 6.92 Å². The van der Waals surface area contributed by atoms with Crippen LogP contribution < -0.4 is 11.3 Å². The highest BCUT2D eigenvalue weighted by Gasteiger charge is 2.24. The maximum atomic E-state index is 10.6. The second-order valence-electron chi connectivity index (χ2n) is 1.97. The van der Waals surface area contributed by atoms with Crippen LogP contribution in [0.3, 0.4) is 0 Å². The van der Waals surface area contributed by atoms with Crippen molar-refractivity contribution in [2.75, 3.05) is 0 Å². The summed E-state index contributed by atoms with van der Waals surface area (Å²) in [7, 11) is 0. The van der Waals surface area contributed by atoms with Gasteiger partial charge in [0, 0.05) is 0 Å². The molecular formula is C6H10N2O. The molecule has 3 heteroatoms. The van der Waals surface area contributed by atoms with Crippen LogP contribution in [0.2, 0.25) is 0 Å². The Morgan fingerprint density at radius 3 is 2.33 bits per heavy atom. The number of carbonyl (C=O) groups excluding carboxylic acids is 1. The lowest BCUT2D eigenvalue weighted by atomic mass is 10.0. The predicted octanol–water partition coefficient (Wildman–Crippen LogP) is -0.569. The number of nitrogens with two attached hydrogens (primary N) is 1. The molecule has 0 amide bonds. The van der Waals surface area contributed by atoms with Crippen LogP contribution in [-0.4, -0.2) is 11.3 Å². The SMILES string of the molecule is C#C[C@](C)(NN)C(C)=O. The van der Waals surface area contributed by atoms with Crippen molar-refractivity contribution in [3.05, 3.63) is 0 Å². The van der Waals surface area contributed by atoms with Gasteiger partial charge in [-0.3, -0.25) is 10.6 Å².